The van der Waals surface area contributed by atoms with Crippen LogP contribution in [-0.2, 0) is 9.53 Å². The third-order valence-corrected chi connectivity index (χ3v) is 2.96. The molecule has 0 radical (unpaired) electrons. The number of amides is 1. The van der Waals surface area contributed by atoms with Crippen LogP contribution in [0, 0.1) is 0 Å². The predicted octanol–water partition coefficient (Wildman–Crippen LogP) is -1.08. The van der Waals surface area contributed by atoms with Gasteiger partial charge in [-0.15, -0.1) is 0 Å². The number of rotatable bonds is 4. The molecule has 0 spiro atoms. The Hall–Kier alpha value is -1.71. The first kappa shape index (κ1) is 11.8. The summed E-state index contributed by atoms with van der Waals surface area (Å²) < 4.78 is 36.0. The van der Waals surface area contributed by atoms with E-state index in [1.807, 2.05) is 5.32 Å². The van der Waals surface area contributed by atoms with E-state index in [9.17, 15) is 20.1 Å². The molecule has 120 valence electrons. The van der Waals surface area contributed by atoms with Gasteiger partial charge < -0.3 is 25.2 Å². The highest BCUT2D eigenvalue weighted by atomic mass is 35.5. The van der Waals surface area contributed by atoms with Gasteiger partial charge in [0.25, 0.3) is 11.9 Å². The summed E-state index contributed by atoms with van der Waals surface area (Å²) in [6, 6.07) is -2.93. The molecule has 2 rings (SSSR count). The van der Waals surface area contributed by atoms with Gasteiger partial charge in [-0.2, -0.15) is 4.99 Å². The summed E-state index contributed by atoms with van der Waals surface area (Å²) in [6.07, 6.45) is -7.14. The number of hydrogen-bond donors (Lipinski definition) is 5. The van der Waals surface area contributed by atoms with Gasteiger partial charge in [-0.05, 0) is 24.2 Å². The third-order valence-electron chi connectivity index (χ3n) is 2.77. The summed E-state index contributed by atoms with van der Waals surface area (Å²) in [5.41, 5.74) is -0.493. The molecule has 0 saturated carbocycles. The summed E-state index contributed by atoms with van der Waals surface area (Å²) in [5.74, 6) is -1.05. The number of nitrogens with one attached hydrogen (secondary N) is 1. The Labute approximate surface area is 136 Å². The van der Waals surface area contributed by atoms with Crippen molar-refractivity contribution >= 4 is 29.2 Å². The maximum Gasteiger partial charge on any atom is 0.297 e. The van der Waals surface area contributed by atoms with Crippen LogP contribution in [0.2, 0.25) is 5.02 Å². The molecule has 0 aromatic heterocycles. The van der Waals surface area contributed by atoms with Crippen LogP contribution in [0.25, 0.3) is 0 Å². The van der Waals surface area contributed by atoms with Crippen molar-refractivity contribution in [3.63, 3.8) is 0 Å². The van der Waals surface area contributed by atoms with E-state index in [1.54, 1.807) is 0 Å². The second-order valence-corrected chi connectivity index (χ2v) is 4.71. The number of halogens is 1. The third kappa shape index (κ3) is 3.73. The highest BCUT2D eigenvalue weighted by Gasteiger charge is 2.42. The van der Waals surface area contributed by atoms with E-state index in [2.05, 4.69) is 4.99 Å². The minimum atomic E-state index is -1.89. The predicted molar refractivity (Wildman–Crippen MR) is 76.7 cm³/mol. The maximum absolute atomic E-state index is 11.8. The molecule has 1 heterocycles. The monoisotopic (exact) mass is 334 g/mol. The number of benzene rings is 1. The van der Waals surface area contributed by atoms with E-state index in [0.29, 0.717) is 0 Å². The molecule has 1 fully saturated rings. The number of ether oxygens (including phenoxy) is 1. The zero-order valence-electron chi connectivity index (χ0n) is 14.9. The van der Waals surface area contributed by atoms with Crippen LogP contribution in [0.4, 0.5) is 5.69 Å². The van der Waals surface area contributed by atoms with Gasteiger partial charge in [0, 0.05) is 5.02 Å². The first-order valence-electron chi connectivity index (χ1n) is 8.07. The number of carbonyl (C=O) groups excluding carboxylic acids is 1. The average molecular weight is 335 g/mol. The van der Waals surface area contributed by atoms with Crippen LogP contribution in [0.15, 0.2) is 29.2 Å². The number of aliphatic imine (C=N–C) groups is 1. The van der Waals surface area contributed by atoms with Crippen LogP contribution in [0.1, 0.15) is 5.48 Å². The largest absolute Gasteiger partial charge is 0.455 e. The topological polar surface area (TPSA) is 132 Å². The van der Waals surface area contributed by atoms with Crippen LogP contribution in [-0.4, -0.2) is 63.4 Å². The van der Waals surface area contributed by atoms with Gasteiger partial charge in [-0.3, -0.25) is 10.1 Å². The molecule has 0 bridgehead atoms. The Morgan fingerprint density at radius 3 is 2.64 bits per heavy atom. The Morgan fingerprint density at radius 2 is 2.05 bits per heavy atom. The van der Waals surface area contributed by atoms with E-state index in [1.165, 1.54) is 0 Å². The lowest BCUT2D eigenvalue weighted by atomic mass is 10.0. The molecule has 1 aromatic rings. The maximum atomic E-state index is 11.8. The van der Waals surface area contributed by atoms with Crippen molar-refractivity contribution in [2.75, 3.05) is 6.61 Å². The summed E-state index contributed by atoms with van der Waals surface area (Å²) in [7, 11) is 0. The lowest BCUT2D eigenvalue weighted by Crippen LogP contribution is -2.60. The van der Waals surface area contributed by atoms with E-state index in [0.717, 1.165) is 0 Å². The van der Waals surface area contributed by atoms with Gasteiger partial charge in [0.05, 0.1) is 17.8 Å². The van der Waals surface area contributed by atoms with Gasteiger partial charge in [-0.25, -0.2) is 0 Å². The second kappa shape index (κ2) is 7.03. The molecule has 0 unspecified atom stereocenters. The van der Waals surface area contributed by atoms with Gasteiger partial charge in [0.15, 0.2) is 12.2 Å². The molecule has 1 aromatic carbocycles. The molecule has 1 aliphatic rings. The molecule has 9 heteroatoms. The van der Waals surface area contributed by atoms with Gasteiger partial charge in [0.2, 0.25) is 0 Å². The normalized spacial score (nSPS) is 28.8. The number of aliphatic hydroxyl groups is 4. The number of aliphatic hydroxyl groups excluding tert-OH is 4. The fraction of sp³-hybridized carbons (Fsp3) is 0.385. The first-order chi connectivity index (χ1) is 12.1. The molecule has 1 amide bonds. The zero-order chi connectivity index (χ0) is 19.8. The van der Waals surface area contributed by atoms with Crippen molar-refractivity contribution in [2.24, 2.45) is 4.99 Å². The molecule has 5 N–H and O–H groups in total. The highest BCUT2D eigenvalue weighted by Crippen LogP contribution is 2.19. The Morgan fingerprint density at radius 1 is 1.41 bits per heavy atom. The van der Waals surface area contributed by atoms with Crippen LogP contribution in [0.3, 0.4) is 0 Å². The van der Waals surface area contributed by atoms with Gasteiger partial charge in [0.1, 0.15) is 12.2 Å². The smallest absolute Gasteiger partial charge is 0.297 e. The van der Waals surface area contributed by atoms with Crippen LogP contribution < -0.4 is 5.32 Å². The SMILES string of the molecule is [2H]c1c([2H])c(N=C2NC(=O)[C@H](O)[C@H]([C@H](O)[C@H](O)CO)O2)c([2H])c([2H])c1Cl. The van der Waals surface area contributed by atoms with E-state index >= 15 is 0 Å². The summed E-state index contributed by atoms with van der Waals surface area (Å²) in [5, 5.41) is 39.6. The number of amidine groups is 1. The van der Waals surface area contributed by atoms with E-state index < -0.39 is 77.8 Å². The number of hydrogen-bond acceptors (Lipinski definition) is 7. The van der Waals surface area contributed by atoms with Crippen molar-refractivity contribution in [1.82, 2.24) is 5.32 Å². The highest BCUT2D eigenvalue weighted by molar-refractivity contribution is 6.30. The fourth-order valence-electron chi connectivity index (χ4n) is 1.64. The van der Waals surface area contributed by atoms with Crippen molar-refractivity contribution in [2.45, 2.75) is 24.4 Å². The van der Waals surface area contributed by atoms with Crippen molar-refractivity contribution < 1.29 is 35.4 Å². The molecule has 8 nitrogen and oxygen atoms in total. The van der Waals surface area contributed by atoms with E-state index in [-0.39, 0.29) is 0 Å². The lowest BCUT2D eigenvalue weighted by molar-refractivity contribution is -0.152. The fourth-order valence-corrected chi connectivity index (χ4v) is 1.73. The quantitative estimate of drug-likeness (QED) is 0.476. The summed E-state index contributed by atoms with van der Waals surface area (Å²) in [4.78, 5) is 15.5. The van der Waals surface area contributed by atoms with Gasteiger partial charge >= 0.3 is 0 Å². The minimum Gasteiger partial charge on any atom is -0.455 e. The molecule has 1 aliphatic heterocycles. The molecular formula is C13H15ClN2O6. The van der Waals surface area contributed by atoms with Crippen LogP contribution >= 0.6 is 11.6 Å². The zero-order valence-corrected chi connectivity index (χ0v) is 11.7. The summed E-state index contributed by atoms with van der Waals surface area (Å²) in [6.45, 7) is -0.864. The second-order valence-electron chi connectivity index (χ2n) is 4.34. The Balaban J connectivity index is 2.44. The molecule has 0 aliphatic carbocycles. The Kier molecular flexibility index (Phi) is 3.77. The standard InChI is InChI=1S/C13H15ClN2O6/c14-6-1-3-7(4-2-6)15-13-16-12(21)10(20)11(22-13)9(19)8(18)5-17/h1-4,8-11,17-20H,5H2,(H,15,16,21)/t8-,9-,10-,11+/m1/s1/i1D,2D,3D,4D. The van der Waals surface area contributed by atoms with E-state index in [4.69, 9.17) is 26.9 Å². The number of nitrogens with zero attached hydrogens (tertiary/aromatic N) is 1. The molecule has 1 saturated heterocycles. The Bertz CT molecular complexity index is 736. The van der Waals surface area contributed by atoms with Gasteiger partial charge in [-0.1, -0.05) is 11.6 Å². The average Bonchev–Trinajstić information content (AvgIpc) is 2.63. The molecular weight excluding hydrogens is 316 g/mol. The molecule has 22 heavy (non-hydrogen) atoms. The van der Waals surface area contributed by atoms with Crippen LogP contribution in [0.5, 0.6) is 0 Å². The van der Waals surface area contributed by atoms with Crippen molar-refractivity contribution in [1.29, 1.82) is 0 Å². The minimum absolute atomic E-state index is 0.410. The van der Waals surface area contributed by atoms with Crippen molar-refractivity contribution in [3.8, 4) is 0 Å². The number of carbonyl (C=O) groups is 1. The lowest BCUT2D eigenvalue weighted by Gasteiger charge is -2.33. The van der Waals surface area contributed by atoms with Crippen molar-refractivity contribution in [3.05, 3.63) is 29.2 Å². The molecule has 4 atom stereocenters. The summed E-state index contributed by atoms with van der Waals surface area (Å²) >= 11 is 5.68. The first-order valence-corrected chi connectivity index (χ1v) is 6.45.